The molecule has 0 spiro atoms. The first-order valence-electron chi connectivity index (χ1n) is 10.4. The van der Waals surface area contributed by atoms with E-state index in [-0.39, 0.29) is 40.9 Å². The zero-order valence-electron chi connectivity index (χ0n) is 18.3. The van der Waals surface area contributed by atoms with Crippen molar-refractivity contribution in [1.29, 1.82) is 0 Å². The number of carbonyl (C=O) groups is 2. The molecule has 1 fully saturated rings. The first-order valence-corrected chi connectivity index (χ1v) is 12.4. The summed E-state index contributed by atoms with van der Waals surface area (Å²) in [6, 6.07) is 12.5. The summed E-state index contributed by atoms with van der Waals surface area (Å²) < 4.78 is 8.41. The van der Waals surface area contributed by atoms with Crippen LogP contribution in [-0.2, 0) is 4.79 Å². The van der Waals surface area contributed by atoms with Gasteiger partial charge in [0.25, 0.3) is 0 Å². The van der Waals surface area contributed by atoms with Gasteiger partial charge in [0.05, 0.1) is 17.7 Å². The second-order valence-corrected chi connectivity index (χ2v) is 9.28. The van der Waals surface area contributed by atoms with E-state index in [0.29, 0.717) is 40.1 Å². The molecule has 0 bridgehead atoms. The number of Topliss-reactive ketones (excluding diaryl/α,β-unsaturated/α-hetero) is 1. The monoisotopic (exact) mass is 474 g/mol. The van der Waals surface area contributed by atoms with Gasteiger partial charge in [0.15, 0.2) is 5.78 Å². The van der Waals surface area contributed by atoms with Gasteiger partial charge >= 0.3 is 29.6 Å². The van der Waals surface area contributed by atoms with Crippen molar-refractivity contribution in [3.63, 3.8) is 0 Å². The first-order chi connectivity index (χ1) is 15.1. The molecule has 5 nitrogen and oxygen atoms in total. The van der Waals surface area contributed by atoms with Crippen molar-refractivity contribution >= 4 is 51.8 Å². The summed E-state index contributed by atoms with van der Waals surface area (Å²) in [4.78, 5) is 27.0. The number of allylic oxidation sites excluding steroid dienone is 1. The van der Waals surface area contributed by atoms with Crippen LogP contribution < -0.4 is 34.7 Å². The number of carboxylic acids is 1. The van der Waals surface area contributed by atoms with Crippen LogP contribution in [0.15, 0.2) is 52.9 Å². The maximum atomic E-state index is 13.6. The Hall–Kier alpha value is -1.51. The number of rotatable bonds is 7. The van der Waals surface area contributed by atoms with Crippen molar-refractivity contribution in [3.8, 4) is 0 Å². The van der Waals surface area contributed by atoms with E-state index in [0.717, 1.165) is 42.3 Å². The molecule has 4 rings (SSSR count). The number of thioether (sulfide) groups is 1. The van der Waals surface area contributed by atoms with E-state index < -0.39 is 5.97 Å². The van der Waals surface area contributed by atoms with Crippen molar-refractivity contribution in [2.24, 2.45) is 5.92 Å². The zero-order chi connectivity index (χ0) is 21.8. The summed E-state index contributed by atoms with van der Waals surface area (Å²) in [5, 5.41) is 12.3. The average Bonchev–Trinajstić information content (AvgIpc) is 3.27. The Morgan fingerprint density at radius 3 is 2.31 bits per heavy atom. The Kier molecular flexibility index (Phi) is 9.08. The van der Waals surface area contributed by atoms with Gasteiger partial charge in [-0.1, -0.05) is 38.2 Å². The largest absolute Gasteiger partial charge is 1.00 e. The predicted molar refractivity (Wildman–Crippen MR) is 123 cm³/mol. The minimum absolute atomic E-state index is 0. The van der Waals surface area contributed by atoms with Crippen molar-refractivity contribution < 1.29 is 44.3 Å². The number of ketones is 1. The van der Waals surface area contributed by atoms with Gasteiger partial charge in [-0.3, -0.25) is 4.79 Å². The molecular weight excluding hydrogens is 451 g/mol. The maximum Gasteiger partial charge on any atom is 1.00 e. The number of aromatic nitrogens is 2. The third-order valence-electron chi connectivity index (χ3n) is 5.89. The number of hydrogen-bond acceptors (Lipinski definition) is 7. The molecule has 3 aromatic rings. The molecule has 1 aliphatic rings. The molecule has 2 aromatic carbocycles. The zero-order valence-corrected chi connectivity index (χ0v) is 21.9. The summed E-state index contributed by atoms with van der Waals surface area (Å²) >= 11 is 2.67. The molecule has 0 radical (unpaired) electrons. The summed E-state index contributed by atoms with van der Waals surface area (Å²) in [5.74, 6) is -1.27. The quantitative estimate of drug-likeness (QED) is 0.225. The van der Waals surface area contributed by atoms with Gasteiger partial charge in [-0.05, 0) is 60.6 Å². The maximum absolute atomic E-state index is 13.6. The van der Waals surface area contributed by atoms with Crippen molar-refractivity contribution in [1.82, 2.24) is 8.75 Å². The number of fused-ring (bicyclic) bond motifs is 1. The van der Waals surface area contributed by atoms with Crippen molar-refractivity contribution in [2.45, 2.75) is 43.4 Å². The van der Waals surface area contributed by atoms with Crippen molar-refractivity contribution in [2.75, 3.05) is 6.26 Å². The number of carboxylic acid groups (broad SMARTS) is 1. The van der Waals surface area contributed by atoms with Crippen LogP contribution in [0, 0.1) is 5.92 Å². The molecule has 0 amide bonds. The van der Waals surface area contributed by atoms with Crippen LogP contribution >= 0.6 is 23.5 Å². The van der Waals surface area contributed by atoms with E-state index >= 15 is 0 Å². The van der Waals surface area contributed by atoms with Crippen LogP contribution in [0.3, 0.4) is 0 Å². The Morgan fingerprint density at radius 1 is 1.00 bits per heavy atom. The van der Waals surface area contributed by atoms with E-state index in [4.69, 9.17) is 0 Å². The van der Waals surface area contributed by atoms with E-state index in [2.05, 4.69) is 8.75 Å². The van der Waals surface area contributed by atoms with Gasteiger partial charge in [0, 0.05) is 21.6 Å². The fourth-order valence-corrected chi connectivity index (χ4v) is 5.18. The number of carbonyl (C=O) groups excluding carboxylic acids is 2. The number of hydrogen-bond donors (Lipinski definition) is 0. The number of benzene rings is 2. The topological polar surface area (TPSA) is 83.0 Å². The summed E-state index contributed by atoms with van der Waals surface area (Å²) in [6.45, 7) is 0. The predicted octanol–water partition coefficient (Wildman–Crippen LogP) is 1.77. The molecule has 0 aliphatic heterocycles. The third kappa shape index (κ3) is 5.69. The molecule has 0 saturated heterocycles. The van der Waals surface area contributed by atoms with Crippen molar-refractivity contribution in [3.05, 3.63) is 59.2 Å². The Bertz CT molecular complexity index is 1140. The van der Waals surface area contributed by atoms with Crippen LogP contribution in [0.1, 0.15) is 54.4 Å². The molecule has 0 N–H and O–H groups in total. The van der Waals surface area contributed by atoms with Crippen LogP contribution in [0.4, 0.5) is 0 Å². The summed E-state index contributed by atoms with van der Waals surface area (Å²) in [5.41, 5.74) is 2.57. The van der Waals surface area contributed by atoms with Crippen LogP contribution in [0.25, 0.3) is 16.6 Å². The Morgan fingerprint density at radius 2 is 1.66 bits per heavy atom. The van der Waals surface area contributed by atoms with Gasteiger partial charge < -0.3 is 9.90 Å². The van der Waals surface area contributed by atoms with E-state index in [1.165, 1.54) is 6.42 Å². The Labute approximate surface area is 218 Å². The third-order valence-corrected chi connectivity index (χ3v) is 7.19. The molecule has 0 atom stereocenters. The van der Waals surface area contributed by atoms with E-state index in [1.807, 2.05) is 18.4 Å². The molecule has 160 valence electrons. The molecule has 32 heavy (non-hydrogen) atoms. The average molecular weight is 475 g/mol. The normalized spacial score (nSPS) is 15.2. The fraction of sp³-hybridized carbons (Fsp3) is 0.333. The van der Waals surface area contributed by atoms with Gasteiger partial charge in [-0.15, -0.1) is 11.8 Å². The van der Waals surface area contributed by atoms with E-state index in [9.17, 15) is 14.7 Å². The number of aliphatic carboxylic acids is 1. The van der Waals surface area contributed by atoms with Gasteiger partial charge in [-0.25, -0.2) is 0 Å². The smallest absolute Gasteiger partial charge is 0.545 e. The fourth-order valence-electron chi connectivity index (χ4n) is 4.26. The van der Waals surface area contributed by atoms with Crippen LogP contribution in [0.5, 0.6) is 0 Å². The minimum Gasteiger partial charge on any atom is -0.545 e. The first kappa shape index (κ1) is 25.1. The second kappa shape index (κ2) is 11.6. The molecule has 0 unspecified atom stereocenters. The SMILES string of the molecule is CSc1ccc(C(=O)C(CC2CCCCC2)=C(C(=O)[O-])c2ccc3nsnc3c2)cc1.[Na+]. The summed E-state index contributed by atoms with van der Waals surface area (Å²) in [7, 11) is 0. The van der Waals surface area contributed by atoms with E-state index in [1.54, 1.807) is 42.1 Å². The second-order valence-electron chi connectivity index (χ2n) is 7.87. The molecule has 1 heterocycles. The molecule has 1 aliphatic carbocycles. The minimum atomic E-state index is -1.33. The van der Waals surface area contributed by atoms with Crippen LogP contribution in [0.2, 0.25) is 0 Å². The molecule has 1 aromatic heterocycles. The molecular formula is C24H23N2NaO3S2. The number of nitrogens with zero attached hydrogens (tertiary/aromatic N) is 2. The molecule has 1 saturated carbocycles. The van der Waals surface area contributed by atoms with Gasteiger partial charge in [0.2, 0.25) is 0 Å². The standard InChI is InChI=1S/C24H24N2O3S2.Na/c1-30-18-10-7-16(8-11-18)23(27)19(13-15-5-3-2-4-6-15)22(24(28)29)17-9-12-20-21(14-17)26-31-25-20;/h7-12,14-15H,2-6,13H2,1H3,(H,28,29);/q;+1/p-1. The Balaban J connectivity index is 0.00000289. The summed E-state index contributed by atoms with van der Waals surface area (Å²) in [6.07, 6.45) is 7.87. The van der Waals surface area contributed by atoms with Gasteiger partial charge in [-0.2, -0.15) is 8.75 Å². The van der Waals surface area contributed by atoms with Crippen LogP contribution in [-0.4, -0.2) is 26.8 Å². The molecule has 8 heteroatoms. The van der Waals surface area contributed by atoms with Gasteiger partial charge in [0.1, 0.15) is 11.0 Å².